The minimum atomic E-state index is -1.57. The summed E-state index contributed by atoms with van der Waals surface area (Å²) in [6.07, 6.45) is 4.44. The summed E-state index contributed by atoms with van der Waals surface area (Å²) in [5.74, 6) is -0.659. The molecular weight excluding hydrogens is 344 g/mol. The van der Waals surface area contributed by atoms with Crippen LogP contribution in [0.2, 0.25) is 0 Å². The minimum Gasteiger partial charge on any atom is -0.481 e. The number of hydrogen-bond acceptors (Lipinski definition) is 7. The Kier molecular flexibility index (Phi) is 14.9. The maximum absolute atomic E-state index is 10.2. The molecule has 8 heteroatoms. The van der Waals surface area contributed by atoms with Gasteiger partial charge in [-0.05, 0) is 6.42 Å². The molecule has 0 aromatic carbocycles. The highest BCUT2D eigenvalue weighted by Gasteiger charge is 2.42. The van der Waals surface area contributed by atoms with Crippen LogP contribution in [0.15, 0.2) is 0 Å². The maximum atomic E-state index is 10.2. The quantitative estimate of drug-likeness (QED) is 0.288. The summed E-state index contributed by atoms with van der Waals surface area (Å²) in [5, 5.41) is 53.1. The van der Waals surface area contributed by atoms with E-state index < -0.39 is 43.3 Å². The van der Waals surface area contributed by atoms with Crippen LogP contribution in [0, 0.1) is 0 Å². The maximum Gasteiger partial charge on any atom is 0.303 e. The molecule has 1 aliphatic rings. The lowest BCUT2D eigenvalue weighted by Gasteiger charge is -2.37. The zero-order valence-electron chi connectivity index (χ0n) is 15.7. The molecule has 0 aliphatic carbocycles. The van der Waals surface area contributed by atoms with E-state index >= 15 is 0 Å². The van der Waals surface area contributed by atoms with Crippen LogP contribution in [0.4, 0.5) is 0 Å². The molecule has 156 valence electrons. The van der Waals surface area contributed by atoms with E-state index in [0.717, 1.165) is 12.8 Å². The van der Waals surface area contributed by atoms with Crippen molar-refractivity contribution < 1.29 is 40.2 Å². The highest BCUT2D eigenvalue weighted by molar-refractivity contribution is 5.66. The van der Waals surface area contributed by atoms with Gasteiger partial charge in [0.2, 0.25) is 0 Å². The van der Waals surface area contributed by atoms with Crippen molar-refractivity contribution in [2.24, 2.45) is 0 Å². The van der Waals surface area contributed by atoms with Gasteiger partial charge < -0.3 is 35.4 Å². The fourth-order valence-electron chi connectivity index (χ4n) is 2.67. The topological polar surface area (TPSA) is 148 Å². The first-order valence-electron chi connectivity index (χ1n) is 9.55. The van der Waals surface area contributed by atoms with Crippen LogP contribution in [0.3, 0.4) is 0 Å². The van der Waals surface area contributed by atoms with Gasteiger partial charge in [-0.2, -0.15) is 0 Å². The van der Waals surface area contributed by atoms with Crippen LogP contribution >= 0.6 is 0 Å². The average molecular weight is 380 g/mol. The third kappa shape index (κ3) is 11.1. The van der Waals surface area contributed by atoms with Crippen molar-refractivity contribution in [1.82, 2.24) is 0 Å². The second kappa shape index (κ2) is 15.3. The third-order valence-corrected chi connectivity index (χ3v) is 4.36. The molecule has 0 aromatic rings. The van der Waals surface area contributed by atoms with E-state index in [1.54, 1.807) is 0 Å². The van der Waals surface area contributed by atoms with E-state index in [1.807, 2.05) is 0 Å². The van der Waals surface area contributed by atoms with Gasteiger partial charge >= 0.3 is 5.97 Å². The van der Waals surface area contributed by atoms with Crippen molar-refractivity contribution >= 4 is 5.97 Å². The number of aliphatic hydroxyl groups is 5. The Morgan fingerprint density at radius 3 is 1.77 bits per heavy atom. The number of aliphatic hydroxyl groups excluding tert-OH is 5. The lowest BCUT2D eigenvalue weighted by atomic mass is 10.00. The Morgan fingerprint density at radius 2 is 1.31 bits per heavy atom. The number of carbonyl (C=O) groups is 1. The Labute approximate surface area is 155 Å². The van der Waals surface area contributed by atoms with Crippen LogP contribution in [0.25, 0.3) is 0 Å². The van der Waals surface area contributed by atoms with Gasteiger partial charge in [-0.25, -0.2) is 0 Å². The highest BCUT2D eigenvalue weighted by Crippen LogP contribution is 2.19. The van der Waals surface area contributed by atoms with E-state index in [0.29, 0.717) is 6.42 Å². The second-order valence-electron chi connectivity index (χ2n) is 6.69. The number of ether oxygens (including phenoxy) is 1. The standard InChI is InChI=1S/C12H24O2.C6H12O6/c1-2-3-4-5-6-7-8-9-10-11-12(13)14;7-1-2-3(8)4(9)5(10)6(11)12-2/h2-11H2,1H3,(H,13,14);2-11H,1H2/t;2-,3-,4+,5-,6-/m.1/s1. The number of unbranched alkanes of at least 4 members (excludes halogenated alkanes) is 8. The monoisotopic (exact) mass is 380 g/mol. The van der Waals surface area contributed by atoms with Gasteiger partial charge in [0, 0.05) is 6.42 Å². The molecule has 0 unspecified atom stereocenters. The Morgan fingerprint density at radius 1 is 0.808 bits per heavy atom. The van der Waals surface area contributed by atoms with E-state index in [2.05, 4.69) is 11.7 Å². The predicted molar refractivity (Wildman–Crippen MR) is 95.5 cm³/mol. The summed E-state index contributed by atoms with van der Waals surface area (Å²) >= 11 is 0. The minimum absolute atomic E-state index is 0.343. The molecule has 1 saturated heterocycles. The normalized spacial score (nSPS) is 28.3. The summed E-state index contributed by atoms with van der Waals surface area (Å²) in [6, 6.07) is 0. The van der Waals surface area contributed by atoms with Crippen LogP contribution < -0.4 is 0 Å². The molecule has 0 aromatic heterocycles. The summed E-state index contributed by atoms with van der Waals surface area (Å²) in [5.41, 5.74) is 0. The SMILES string of the molecule is CCCCCCCCCCCC(=O)O.OC[C@H]1O[C@@H](O)[C@H](O)[C@@H](O)[C@@H]1O. The first kappa shape index (κ1) is 25.2. The van der Waals surface area contributed by atoms with Gasteiger partial charge in [0.1, 0.15) is 24.4 Å². The molecular formula is C18H36O8. The van der Waals surface area contributed by atoms with Gasteiger partial charge in [-0.1, -0.05) is 58.3 Å². The largest absolute Gasteiger partial charge is 0.481 e. The average Bonchev–Trinajstić information content (AvgIpc) is 2.62. The fourth-order valence-corrected chi connectivity index (χ4v) is 2.67. The van der Waals surface area contributed by atoms with E-state index in [1.165, 1.54) is 44.9 Å². The predicted octanol–water partition coefficient (Wildman–Crippen LogP) is 0.770. The lowest BCUT2D eigenvalue weighted by molar-refractivity contribution is -0.286. The second-order valence-corrected chi connectivity index (χ2v) is 6.69. The summed E-state index contributed by atoms with van der Waals surface area (Å²) in [6.45, 7) is 1.70. The Bertz CT molecular complexity index is 347. The number of hydrogen-bond donors (Lipinski definition) is 6. The summed E-state index contributed by atoms with van der Waals surface area (Å²) in [7, 11) is 0. The first-order valence-corrected chi connectivity index (χ1v) is 9.55. The van der Waals surface area contributed by atoms with Crippen molar-refractivity contribution in [1.29, 1.82) is 0 Å². The van der Waals surface area contributed by atoms with Gasteiger partial charge in [0.05, 0.1) is 6.61 Å². The van der Waals surface area contributed by atoms with Crippen LogP contribution in [0.5, 0.6) is 0 Å². The zero-order chi connectivity index (χ0) is 19.9. The molecule has 0 bridgehead atoms. The van der Waals surface area contributed by atoms with Gasteiger partial charge in [0.25, 0.3) is 0 Å². The number of rotatable bonds is 11. The molecule has 6 N–H and O–H groups in total. The molecule has 0 saturated carbocycles. The van der Waals surface area contributed by atoms with Gasteiger partial charge in [0.15, 0.2) is 6.29 Å². The molecule has 0 radical (unpaired) electrons. The van der Waals surface area contributed by atoms with E-state index in [9.17, 15) is 4.79 Å². The fraction of sp³-hybridized carbons (Fsp3) is 0.944. The van der Waals surface area contributed by atoms with Crippen molar-refractivity contribution in [2.75, 3.05) is 6.61 Å². The lowest BCUT2D eigenvalue weighted by Crippen LogP contribution is -2.58. The van der Waals surface area contributed by atoms with Crippen LogP contribution in [-0.2, 0) is 9.53 Å². The van der Waals surface area contributed by atoms with Crippen molar-refractivity contribution in [3.05, 3.63) is 0 Å². The molecule has 0 spiro atoms. The molecule has 1 aliphatic heterocycles. The molecule has 26 heavy (non-hydrogen) atoms. The molecule has 8 nitrogen and oxygen atoms in total. The summed E-state index contributed by atoms with van der Waals surface area (Å²) in [4.78, 5) is 10.2. The van der Waals surface area contributed by atoms with Crippen molar-refractivity contribution in [3.63, 3.8) is 0 Å². The Balaban J connectivity index is 0.000000485. The first-order chi connectivity index (χ1) is 12.3. The molecule has 1 fully saturated rings. The molecule has 1 heterocycles. The Hall–Kier alpha value is -0.770. The van der Waals surface area contributed by atoms with Crippen molar-refractivity contribution in [3.8, 4) is 0 Å². The molecule has 0 amide bonds. The van der Waals surface area contributed by atoms with Crippen LogP contribution in [0.1, 0.15) is 71.1 Å². The van der Waals surface area contributed by atoms with E-state index in [-0.39, 0.29) is 0 Å². The number of aliphatic carboxylic acids is 1. The van der Waals surface area contributed by atoms with Crippen molar-refractivity contribution in [2.45, 2.75) is 102 Å². The number of carboxylic acids is 1. The molecule has 1 rings (SSSR count). The van der Waals surface area contributed by atoms with Crippen LogP contribution in [-0.4, -0.2) is 73.9 Å². The zero-order valence-corrected chi connectivity index (χ0v) is 15.7. The smallest absolute Gasteiger partial charge is 0.303 e. The van der Waals surface area contributed by atoms with Gasteiger partial charge in [-0.3, -0.25) is 4.79 Å². The molecule has 5 atom stereocenters. The third-order valence-electron chi connectivity index (χ3n) is 4.36. The summed E-state index contributed by atoms with van der Waals surface area (Å²) < 4.78 is 4.58. The van der Waals surface area contributed by atoms with E-state index in [4.69, 9.17) is 30.6 Å². The number of carboxylic acid groups (broad SMARTS) is 1. The highest BCUT2D eigenvalue weighted by atomic mass is 16.6. The van der Waals surface area contributed by atoms with Gasteiger partial charge in [-0.15, -0.1) is 0 Å².